The largest absolute Gasteiger partial charge is 0.490 e. The Labute approximate surface area is 176 Å². The third-order valence-electron chi connectivity index (χ3n) is 3.74. The maximum atomic E-state index is 12.8. The van der Waals surface area contributed by atoms with Crippen LogP contribution in [-0.2, 0) is 11.0 Å². The van der Waals surface area contributed by atoms with Gasteiger partial charge in [-0.15, -0.1) is 0 Å². The van der Waals surface area contributed by atoms with Gasteiger partial charge >= 0.3 is 6.18 Å². The number of anilines is 1. The Bertz CT molecular complexity index is 998. The minimum atomic E-state index is -4.55. The predicted octanol–water partition coefficient (Wildman–Crippen LogP) is 5.70. The first-order valence-electron chi connectivity index (χ1n) is 8.89. The van der Waals surface area contributed by atoms with Crippen LogP contribution in [0.15, 0.2) is 42.0 Å². The van der Waals surface area contributed by atoms with E-state index in [0.29, 0.717) is 30.3 Å². The van der Waals surface area contributed by atoms with Crippen molar-refractivity contribution in [2.45, 2.75) is 20.0 Å². The van der Waals surface area contributed by atoms with Gasteiger partial charge in [-0.1, -0.05) is 17.7 Å². The zero-order valence-electron chi connectivity index (χ0n) is 16.1. The van der Waals surface area contributed by atoms with Crippen molar-refractivity contribution in [3.63, 3.8) is 0 Å². The summed E-state index contributed by atoms with van der Waals surface area (Å²) in [6, 6.07) is 8.90. The Morgan fingerprint density at radius 3 is 2.50 bits per heavy atom. The number of hydrogen-bond acceptors (Lipinski definition) is 4. The molecule has 0 saturated heterocycles. The number of carbonyl (C=O) groups excluding carboxylic acids is 1. The molecular formula is C21H18ClF3N2O3. The fourth-order valence-corrected chi connectivity index (χ4v) is 2.78. The Balaban J connectivity index is 2.33. The van der Waals surface area contributed by atoms with Crippen molar-refractivity contribution in [3.05, 3.63) is 58.1 Å². The highest BCUT2D eigenvalue weighted by Crippen LogP contribution is 2.37. The summed E-state index contributed by atoms with van der Waals surface area (Å²) in [5, 5.41) is 11.9. The van der Waals surface area contributed by atoms with Gasteiger partial charge in [0.05, 0.1) is 23.8 Å². The molecule has 2 rings (SSSR count). The van der Waals surface area contributed by atoms with Gasteiger partial charge in [-0.2, -0.15) is 18.4 Å². The van der Waals surface area contributed by atoms with Crippen LogP contribution in [0.3, 0.4) is 0 Å². The SMILES string of the molecule is CCOc1cc(/C=C(\C#N)C(=O)Nc2cccc(C(F)(F)F)c2)cc(Cl)c1OCC. The lowest BCUT2D eigenvalue weighted by molar-refractivity contribution is -0.137. The van der Waals surface area contributed by atoms with Gasteiger partial charge in [-0.05, 0) is 55.8 Å². The Hall–Kier alpha value is -3.18. The van der Waals surface area contributed by atoms with Crippen LogP contribution in [0.1, 0.15) is 25.0 Å². The molecule has 0 aliphatic heterocycles. The van der Waals surface area contributed by atoms with Gasteiger partial charge in [-0.25, -0.2) is 0 Å². The smallest absolute Gasteiger partial charge is 0.416 e. The fraction of sp³-hybridized carbons (Fsp3) is 0.238. The molecule has 2 aromatic rings. The second-order valence-corrected chi connectivity index (χ2v) is 6.31. The van der Waals surface area contributed by atoms with Gasteiger partial charge < -0.3 is 14.8 Å². The highest BCUT2D eigenvalue weighted by atomic mass is 35.5. The standard InChI is InChI=1S/C21H18ClF3N2O3/c1-3-29-18-10-13(9-17(22)19(18)30-4-2)8-14(12-26)20(28)27-16-7-5-6-15(11-16)21(23,24)25/h5-11H,3-4H2,1-2H3,(H,27,28)/b14-8+. The second-order valence-electron chi connectivity index (χ2n) is 5.90. The molecule has 30 heavy (non-hydrogen) atoms. The molecule has 0 radical (unpaired) electrons. The van der Waals surface area contributed by atoms with Crippen LogP contribution in [-0.4, -0.2) is 19.1 Å². The number of rotatable bonds is 7. The van der Waals surface area contributed by atoms with E-state index in [1.165, 1.54) is 18.2 Å². The highest BCUT2D eigenvalue weighted by molar-refractivity contribution is 6.32. The first-order chi connectivity index (χ1) is 14.2. The molecule has 0 aliphatic rings. The van der Waals surface area contributed by atoms with E-state index in [1.54, 1.807) is 26.0 Å². The van der Waals surface area contributed by atoms with E-state index in [4.69, 9.17) is 21.1 Å². The third kappa shape index (κ3) is 5.91. The first kappa shape index (κ1) is 23.1. The van der Waals surface area contributed by atoms with Gasteiger partial charge in [0.1, 0.15) is 11.6 Å². The molecule has 9 heteroatoms. The van der Waals surface area contributed by atoms with Crippen LogP contribution in [0, 0.1) is 11.3 Å². The lowest BCUT2D eigenvalue weighted by atomic mass is 10.1. The number of ether oxygens (including phenoxy) is 2. The summed E-state index contributed by atoms with van der Waals surface area (Å²) >= 11 is 6.22. The van der Waals surface area contributed by atoms with E-state index in [1.807, 2.05) is 0 Å². The van der Waals surface area contributed by atoms with E-state index < -0.39 is 17.6 Å². The lowest BCUT2D eigenvalue weighted by Crippen LogP contribution is -2.14. The Kier molecular flexibility index (Phi) is 7.72. The van der Waals surface area contributed by atoms with E-state index in [0.717, 1.165) is 18.2 Å². The molecule has 0 unspecified atom stereocenters. The van der Waals surface area contributed by atoms with Gasteiger partial charge in [-0.3, -0.25) is 4.79 Å². The Morgan fingerprint density at radius 1 is 1.20 bits per heavy atom. The van der Waals surface area contributed by atoms with Crippen LogP contribution in [0.2, 0.25) is 5.02 Å². The van der Waals surface area contributed by atoms with Crippen molar-refractivity contribution < 1.29 is 27.4 Å². The number of nitrogens with one attached hydrogen (secondary N) is 1. The zero-order valence-corrected chi connectivity index (χ0v) is 16.9. The van der Waals surface area contributed by atoms with E-state index in [-0.39, 0.29) is 16.3 Å². The summed E-state index contributed by atoms with van der Waals surface area (Å²) in [6.07, 6.45) is -3.30. The summed E-state index contributed by atoms with van der Waals surface area (Å²) in [5.74, 6) is -0.182. The molecule has 0 aliphatic carbocycles. The van der Waals surface area contributed by atoms with Crippen LogP contribution in [0.25, 0.3) is 6.08 Å². The molecule has 158 valence electrons. The molecule has 1 N–H and O–H groups in total. The zero-order chi connectivity index (χ0) is 22.3. The monoisotopic (exact) mass is 438 g/mol. The van der Waals surface area contributed by atoms with Gasteiger partial charge in [0.2, 0.25) is 0 Å². The molecule has 0 bridgehead atoms. The first-order valence-corrected chi connectivity index (χ1v) is 9.26. The maximum Gasteiger partial charge on any atom is 0.416 e. The van der Waals surface area contributed by atoms with E-state index in [2.05, 4.69) is 5.32 Å². The fourth-order valence-electron chi connectivity index (χ4n) is 2.51. The normalized spacial score (nSPS) is 11.6. The third-order valence-corrected chi connectivity index (χ3v) is 4.02. The number of nitrogens with zero attached hydrogens (tertiary/aromatic N) is 1. The summed E-state index contributed by atoms with van der Waals surface area (Å²) in [7, 11) is 0. The Morgan fingerprint density at radius 2 is 1.90 bits per heavy atom. The van der Waals surface area contributed by atoms with Crippen LogP contribution in [0.5, 0.6) is 11.5 Å². The van der Waals surface area contributed by atoms with Crippen molar-refractivity contribution in [2.75, 3.05) is 18.5 Å². The number of nitriles is 1. The summed E-state index contributed by atoms with van der Waals surface area (Å²) in [4.78, 5) is 12.4. The minimum Gasteiger partial charge on any atom is -0.490 e. The molecule has 5 nitrogen and oxygen atoms in total. The number of alkyl halides is 3. The lowest BCUT2D eigenvalue weighted by Gasteiger charge is -2.13. The molecule has 0 spiro atoms. The van der Waals surface area contributed by atoms with E-state index in [9.17, 15) is 23.2 Å². The van der Waals surface area contributed by atoms with Gasteiger partial charge in [0.25, 0.3) is 5.91 Å². The molecule has 0 heterocycles. The van der Waals surface area contributed by atoms with Crippen molar-refractivity contribution in [1.82, 2.24) is 0 Å². The topological polar surface area (TPSA) is 71.3 Å². The van der Waals surface area contributed by atoms with Gasteiger partial charge in [0, 0.05) is 5.69 Å². The maximum absolute atomic E-state index is 12.8. The molecule has 1 amide bonds. The summed E-state index contributed by atoms with van der Waals surface area (Å²) < 4.78 is 49.5. The molecule has 2 aromatic carbocycles. The molecule has 0 saturated carbocycles. The number of benzene rings is 2. The van der Waals surface area contributed by atoms with Crippen molar-refractivity contribution in [1.29, 1.82) is 5.26 Å². The molecule has 0 aromatic heterocycles. The number of hydrogen-bond donors (Lipinski definition) is 1. The molecule has 0 fully saturated rings. The van der Waals surface area contributed by atoms with Crippen molar-refractivity contribution >= 4 is 29.3 Å². The van der Waals surface area contributed by atoms with E-state index >= 15 is 0 Å². The quantitative estimate of drug-likeness (QED) is 0.444. The van der Waals surface area contributed by atoms with Crippen LogP contribution < -0.4 is 14.8 Å². The average molecular weight is 439 g/mol. The van der Waals surface area contributed by atoms with Crippen LogP contribution in [0.4, 0.5) is 18.9 Å². The van der Waals surface area contributed by atoms with Crippen LogP contribution >= 0.6 is 11.6 Å². The highest BCUT2D eigenvalue weighted by Gasteiger charge is 2.30. The number of halogens is 4. The molecular weight excluding hydrogens is 421 g/mol. The van der Waals surface area contributed by atoms with Gasteiger partial charge in [0.15, 0.2) is 11.5 Å². The summed E-state index contributed by atoms with van der Waals surface area (Å²) in [5.41, 5.74) is -0.934. The number of amides is 1. The van der Waals surface area contributed by atoms with Crippen molar-refractivity contribution in [3.8, 4) is 17.6 Å². The predicted molar refractivity (Wildman–Crippen MR) is 107 cm³/mol. The van der Waals surface area contributed by atoms with Crippen molar-refractivity contribution in [2.24, 2.45) is 0 Å². The minimum absolute atomic E-state index is 0.0873. The summed E-state index contributed by atoms with van der Waals surface area (Å²) in [6.45, 7) is 4.25. The molecule has 0 atom stereocenters. The second kappa shape index (κ2) is 10.0. The average Bonchev–Trinajstić information content (AvgIpc) is 2.68. The number of carbonyl (C=O) groups is 1.